The van der Waals surface area contributed by atoms with Crippen LogP contribution in [0.5, 0.6) is 5.88 Å². The zero-order chi connectivity index (χ0) is 14.3. The van der Waals surface area contributed by atoms with Gasteiger partial charge in [0.1, 0.15) is 0 Å². The van der Waals surface area contributed by atoms with Crippen molar-refractivity contribution in [2.24, 2.45) is 0 Å². The van der Waals surface area contributed by atoms with E-state index >= 15 is 0 Å². The molecule has 0 radical (unpaired) electrons. The fourth-order valence-electron chi connectivity index (χ4n) is 3.05. The number of para-hydroxylation sites is 1. The van der Waals surface area contributed by atoms with Gasteiger partial charge in [-0.05, 0) is 25.2 Å². The molecule has 108 valence electrons. The Balaban J connectivity index is 1.91. The van der Waals surface area contributed by atoms with Crippen molar-refractivity contribution in [2.75, 3.05) is 11.6 Å². The summed E-state index contributed by atoms with van der Waals surface area (Å²) in [6.07, 6.45) is 6.24. The Hall–Kier alpha value is -1.82. The first-order chi connectivity index (χ1) is 10.3. The highest BCUT2D eigenvalue weighted by Gasteiger charge is 2.40. The molecule has 2 aliphatic rings. The number of benzene rings is 1. The van der Waals surface area contributed by atoms with E-state index in [1.54, 1.807) is 0 Å². The highest BCUT2D eigenvalue weighted by molar-refractivity contribution is 7.98. The molecule has 0 atom stereocenters. The highest BCUT2D eigenvalue weighted by atomic mass is 32.2. The molecule has 1 aliphatic carbocycles. The molecule has 1 aliphatic heterocycles. The van der Waals surface area contributed by atoms with Crippen LogP contribution < -0.4 is 10.1 Å². The number of hydrogen-bond donors (Lipinski definition) is 1. The number of thioether (sulfide) groups is 1. The standard InChI is InChI=1S/C15H16N4OS/c1-21-14-16-13-12(18-19-14)10-6-2-3-7-11(10)17-15(20-13)8-4-5-9-15/h2-3,6-7,17H,4-5,8-9H2,1H3. The molecule has 1 aromatic heterocycles. The van der Waals surface area contributed by atoms with Crippen LogP contribution in [0.15, 0.2) is 29.4 Å². The lowest BCUT2D eigenvalue weighted by Gasteiger charge is -2.30. The van der Waals surface area contributed by atoms with Gasteiger partial charge in [0.2, 0.25) is 11.0 Å². The first-order valence-corrected chi connectivity index (χ1v) is 8.37. The summed E-state index contributed by atoms with van der Waals surface area (Å²) in [5.41, 5.74) is 2.42. The second kappa shape index (κ2) is 4.87. The molecule has 1 saturated carbocycles. The maximum absolute atomic E-state index is 6.29. The summed E-state index contributed by atoms with van der Waals surface area (Å²) in [5, 5.41) is 12.7. The van der Waals surface area contributed by atoms with Crippen LogP contribution in [-0.2, 0) is 0 Å². The number of rotatable bonds is 1. The molecule has 1 aromatic carbocycles. The van der Waals surface area contributed by atoms with Gasteiger partial charge in [-0.2, -0.15) is 4.98 Å². The number of hydrogen-bond acceptors (Lipinski definition) is 6. The average Bonchev–Trinajstić information content (AvgIpc) is 2.90. The molecule has 2 aromatic rings. The van der Waals surface area contributed by atoms with Crippen LogP contribution in [0.2, 0.25) is 0 Å². The van der Waals surface area contributed by atoms with Gasteiger partial charge in [-0.1, -0.05) is 30.0 Å². The number of ether oxygens (including phenoxy) is 1. The Kier molecular flexibility index (Phi) is 2.99. The van der Waals surface area contributed by atoms with E-state index in [-0.39, 0.29) is 5.72 Å². The van der Waals surface area contributed by atoms with E-state index < -0.39 is 0 Å². The van der Waals surface area contributed by atoms with Crippen LogP contribution >= 0.6 is 11.8 Å². The van der Waals surface area contributed by atoms with E-state index in [4.69, 9.17) is 4.74 Å². The Labute approximate surface area is 127 Å². The van der Waals surface area contributed by atoms with E-state index in [9.17, 15) is 0 Å². The van der Waals surface area contributed by atoms with Crippen molar-refractivity contribution in [1.29, 1.82) is 0 Å². The molecule has 0 amide bonds. The molecular formula is C15H16N4OS. The molecule has 2 heterocycles. The summed E-state index contributed by atoms with van der Waals surface area (Å²) < 4.78 is 6.29. The SMILES string of the molecule is CSc1nnc2c(n1)OC1(CCCC1)Nc1ccccc1-2. The fourth-order valence-corrected chi connectivity index (χ4v) is 3.35. The highest BCUT2D eigenvalue weighted by Crippen LogP contribution is 2.43. The van der Waals surface area contributed by atoms with Crippen molar-refractivity contribution < 1.29 is 4.74 Å². The van der Waals surface area contributed by atoms with E-state index in [0.717, 1.165) is 29.8 Å². The molecule has 1 fully saturated rings. The minimum atomic E-state index is -0.354. The smallest absolute Gasteiger partial charge is 0.247 e. The van der Waals surface area contributed by atoms with E-state index in [2.05, 4.69) is 26.6 Å². The van der Waals surface area contributed by atoms with E-state index in [0.29, 0.717) is 11.0 Å². The second-order valence-electron chi connectivity index (χ2n) is 5.43. The van der Waals surface area contributed by atoms with Crippen molar-refractivity contribution in [3.8, 4) is 17.1 Å². The lowest BCUT2D eigenvalue weighted by molar-refractivity contribution is 0.101. The fraction of sp³-hybridized carbons (Fsp3) is 0.400. The van der Waals surface area contributed by atoms with Gasteiger partial charge in [-0.15, -0.1) is 10.2 Å². The summed E-state index contributed by atoms with van der Waals surface area (Å²) in [7, 11) is 0. The van der Waals surface area contributed by atoms with Crippen molar-refractivity contribution in [3.05, 3.63) is 24.3 Å². The molecule has 6 heteroatoms. The van der Waals surface area contributed by atoms with Crippen molar-refractivity contribution in [1.82, 2.24) is 15.2 Å². The molecule has 0 saturated heterocycles. The van der Waals surface area contributed by atoms with Gasteiger partial charge in [0.25, 0.3) is 0 Å². The first-order valence-electron chi connectivity index (χ1n) is 7.15. The summed E-state index contributed by atoms with van der Waals surface area (Å²) in [4.78, 5) is 4.54. The maximum atomic E-state index is 6.29. The first kappa shape index (κ1) is 12.9. The Morgan fingerprint density at radius 3 is 2.81 bits per heavy atom. The molecule has 0 bridgehead atoms. The van der Waals surface area contributed by atoms with Gasteiger partial charge in [-0.3, -0.25) is 0 Å². The molecule has 21 heavy (non-hydrogen) atoms. The quantitative estimate of drug-likeness (QED) is 0.815. The van der Waals surface area contributed by atoms with Gasteiger partial charge in [0, 0.05) is 24.1 Å². The van der Waals surface area contributed by atoms with Crippen LogP contribution in [0.1, 0.15) is 25.7 Å². The van der Waals surface area contributed by atoms with Gasteiger partial charge < -0.3 is 10.1 Å². The number of nitrogens with zero attached hydrogens (tertiary/aromatic N) is 3. The lowest BCUT2D eigenvalue weighted by Crippen LogP contribution is -2.41. The minimum absolute atomic E-state index is 0.354. The molecule has 4 rings (SSSR count). The van der Waals surface area contributed by atoms with Crippen LogP contribution in [0, 0.1) is 0 Å². The van der Waals surface area contributed by atoms with Crippen LogP contribution in [-0.4, -0.2) is 27.2 Å². The predicted molar refractivity (Wildman–Crippen MR) is 82.5 cm³/mol. The van der Waals surface area contributed by atoms with Gasteiger partial charge in [0.05, 0.1) is 0 Å². The van der Waals surface area contributed by atoms with Crippen molar-refractivity contribution in [2.45, 2.75) is 36.6 Å². The number of nitrogens with one attached hydrogen (secondary N) is 1. The summed E-state index contributed by atoms with van der Waals surface area (Å²) in [5.74, 6) is 0.591. The van der Waals surface area contributed by atoms with Gasteiger partial charge in [0.15, 0.2) is 11.4 Å². The van der Waals surface area contributed by atoms with Gasteiger partial charge >= 0.3 is 0 Å². The Bertz CT molecular complexity index is 685. The summed E-state index contributed by atoms with van der Waals surface area (Å²) in [6.45, 7) is 0. The van der Waals surface area contributed by atoms with Crippen LogP contribution in [0.3, 0.4) is 0 Å². The molecule has 5 nitrogen and oxygen atoms in total. The second-order valence-corrected chi connectivity index (χ2v) is 6.20. The predicted octanol–water partition coefficient (Wildman–Crippen LogP) is 3.34. The number of aromatic nitrogens is 3. The monoisotopic (exact) mass is 300 g/mol. The normalized spacial score (nSPS) is 18.3. The maximum Gasteiger partial charge on any atom is 0.247 e. The third-order valence-electron chi connectivity index (χ3n) is 4.07. The lowest BCUT2D eigenvalue weighted by atomic mass is 10.1. The topological polar surface area (TPSA) is 59.9 Å². The molecule has 0 unspecified atom stereocenters. The molecular weight excluding hydrogens is 284 g/mol. The van der Waals surface area contributed by atoms with E-state index in [1.807, 2.05) is 24.5 Å². The van der Waals surface area contributed by atoms with E-state index in [1.165, 1.54) is 24.6 Å². The minimum Gasteiger partial charge on any atom is -0.449 e. The Morgan fingerprint density at radius 2 is 2.00 bits per heavy atom. The number of anilines is 1. The Morgan fingerprint density at radius 1 is 1.19 bits per heavy atom. The third-order valence-corrected chi connectivity index (χ3v) is 4.60. The van der Waals surface area contributed by atoms with Crippen molar-refractivity contribution >= 4 is 17.4 Å². The molecule has 1 N–H and O–H groups in total. The molecule has 1 spiro atoms. The third kappa shape index (κ3) is 2.14. The van der Waals surface area contributed by atoms with Crippen LogP contribution in [0.4, 0.5) is 5.69 Å². The van der Waals surface area contributed by atoms with Gasteiger partial charge in [-0.25, -0.2) is 0 Å². The zero-order valence-electron chi connectivity index (χ0n) is 11.8. The largest absolute Gasteiger partial charge is 0.449 e. The summed E-state index contributed by atoms with van der Waals surface area (Å²) in [6, 6.07) is 8.13. The summed E-state index contributed by atoms with van der Waals surface area (Å²) >= 11 is 1.48. The number of fused-ring (bicyclic) bond motifs is 3. The van der Waals surface area contributed by atoms with Crippen LogP contribution in [0.25, 0.3) is 11.3 Å². The average molecular weight is 300 g/mol. The van der Waals surface area contributed by atoms with Crippen molar-refractivity contribution in [3.63, 3.8) is 0 Å². The zero-order valence-corrected chi connectivity index (χ0v) is 12.6.